The highest BCUT2D eigenvalue weighted by Gasteiger charge is 2.17. The van der Waals surface area contributed by atoms with Gasteiger partial charge in [-0.05, 0) is 37.2 Å². The van der Waals surface area contributed by atoms with Crippen LogP contribution in [0, 0.1) is 0 Å². The summed E-state index contributed by atoms with van der Waals surface area (Å²) >= 11 is 7.85. The Labute approximate surface area is 146 Å². The van der Waals surface area contributed by atoms with Crippen molar-refractivity contribution in [1.82, 2.24) is 15.1 Å². The first-order chi connectivity index (χ1) is 11.0. The highest BCUT2D eigenvalue weighted by Crippen LogP contribution is 2.22. The van der Waals surface area contributed by atoms with Crippen molar-refractivity contribution in [2.24, 2.45) is 0 Å². The Balaban J connectivity index is 1.92. The number of rotatable bonds is 6. The maximum absolute atomic E-state index is 12.3. The maximum Gasteiger partial charge on any atom is 0.317 e. The quantitative estimate of drug-likeness (QED) is 0.858. The van der Waals surface area contributed by atoms with Crippen molar-refractivity contribution in [2.75, 3.05) is 27.7 Å². The van der Waals surface area contributed by atoms with E-state index in [0.717, 1.165) is 5.56 Å². The third-order valence-electron chi connectivity index (χ3n) is 3.65. The SMILES string of the molecule is CN(Cc1ccccc1Cl)C(=O)NCC(c1cccs1)N(C)C. The van der Waals surface area contributed by atoms with E-state index in [4.69, 9.17) is 11.6 Å². The van der Waals surface area contributed by atoms with E-state index in [2.05, 4.69) is 21.7 Å². The largest absolute Gasteiger partial charge is 0.336 e. The Bertz CT molecular complexity index is 631. The van der Waals surface area contributed by atoms with E-state index in [1.54, 1.807) is 23.3 Å². The zero-order chi connectivity index (χ0) is 16.8. The van der Waals surface area contributed by atoms with Gasteiger partial charge in [-0.3, -0.25) is 0 Å². The van der Waals surface area contributed by atoms with Crippen LogP contribution < -0.4 is 5.32 Å². The van der Waals surface area contributed by atoms with Gasteiger partial charge in [-0.1, -0.05) is 35.9 Å². The zero-order valence-electron chi connectivity index (χ0n) is 13.6. The van der Waals surface area contributed by atoms with Crippen LogP contribution in [0.5, 0.6) is 0 Å². The van der Waals surface area contributed by atoms with Gasteiger partial charge in [-0.2, -0.15) is 0 Å². The molecule has 1 aromatic carbocycles. The third kappa shape index (κ3) is 4.96. The molecule has 0 aliphatic heterocycles. The summed E-state index contributed by atoms with van der Waals surface area (Å²) in [5.74, 6) is 0. The number of carbonyl (C=O) groups is 1. The van der Waals surface area contributed by atoms with Gasteiger partial charge < -0.3 is 15.1 Å². The van der Waals surface area contributed by atoms with Crippen LogP contribution in [-0.2, 0) is 6.54 Å². The lowest BCUT2D eigenvalue weighted by Crippen LogP contribution is -2.41. The van der Waals surface area contributed by atoms with E-state index in [0.29, 0.717) is 18.1 Å². The van der Waals surface area contributed by atoms with Gasteiger partial charge in [0.1, 0.15) is 0 Å². The molecule has 0 aliphatic carbocycles. The second-order valence-corrected chi connectivity index (χ2v) is 7.01. The summed E-state index contributed by atoms with van der Waals surface area (Å²) in [6.07, 6.45) is 0. The van der Waals surface area contributed by atoms with Crippen molar-refractivity contribution in [3.05, 3.63) is 57.2 Å². The van der Waals surface area contributed by atoms with Crippen LogP contribution in [0.2, 0.25) is 5.02 Å². The predicted molar refractivity (Wildman–Crippen MR) is 97.1 cm³/mol. The third-order valence-corrected chi connectivity index (χ3v) is 5.00. The number of carbonyl (C=O) groups excluding carboxylic acids is 1. The predicted octanol–water partition coefficient (Wildman–Crippen LogP) is 3.85. The van der Waals surface area contributed by atoms with E-state index < -0.39 is 0 Å². The second-order valence-electron chi connectivity index (χ2n) is 5.63. The van der Waals surface area contributed by atoms with Crippen LogP contribution in [0.15, 0.2) is 41.8 Å². The minimum atomic E-state index is -0.103. The molecule has 1 atom stereocenters. The molecule has 2 rings (SSSR count). The first-order valence-corrected chi connectivity index (χ1v) is 8.67. The average molecular weight is 352 g/mol. The monoisotopic (exact) mass is 351 g/mol. The van der Waals surface area contributed by atoms with Crippen molar-refractivity contribution in [1.29, 1.82) is 0 Å². The summed E-state index contributed by atoms with van der Waals surface area (Å²) in [6, 6.07) is 11.8. The van der Waals surface area contributed by atoms with E-state index in [9.17, 15) is 4.79 Å². The molecule has 0 bridgehead atoms. The standard InChI is InChI=1S/C17H22ClN3OS/c1-20(2)15(16-9-6-10-23-16)11-19-17(22)21(3)12-13-7-4-5-8-14(13)18/h4-10,15H,11-12H2,1-3H3,(H,19,22). The molecule has 1 N–H and O–H groups in total. The minimum Gasteiger partial charge on any atom is -0.336 e. The summed E-state index contributed by atoms with van der Waals surface area (Å²) in [7, 11) is 5.81. The highest BCUT2D eigenvalue weighted by molar-refractivity contribution is 7.10. The fraction of sp³-hybridized carbons (Fsp3) is 0.353. The molecular formula is C17H22ClN3OS. The lowest BCUT2D eigenvalue weighted by atomic mass is 10.2. The average Bonchev–Trinajstić information content (AvgIpc) is 3.03. The molecule has 0 fully saturated rings. The second kappa shape index (κ2) is 8.34. The van der Waals surface area contributed by atoms with Gasteiger partial charge >= 0.3 is 6.03 Å². The number of urea groups is 1. The topological polar surface area (TPSA) is 35.6 Å². The summed E-state index contributed by atoms with van der Waals surface area (Å²) in [6.45, 7) is 1.05. The number of benzene rings is 1. The van der Waals surface area contributed by atoms with Crippen LogP contribution in [0.3, 0.4) is 0 Å². The number of amides is 2. The zero-order valence-corrected chi connectivity index (χ0v) is 15.2. The van der Waals surface area contributed by atoms with Crippen LogP contribution in [0.4, 0.5) is 4.79 Å². The molecule has 1 aromatic heterocycles. The van der Waals surface area contributed by atoms with Gasteiger partial charge in [0.05, 0.1) is 6.04 Å². The molecule has 1 heterocycles. The maximum atomic E-state index is 12.3. The summed E-state index contributed by atoms with van der Waals surface area (Å²) < 4.78 is 0. The molecule has 23 heavy (non-hydrogen) atoms. The van der Waals surface area contributed by atoms with Gasteiger partial charge in [0.2, 0.25) is 0 Å². The number of thiophene rings is 1. The lowest BCUT2D eigenvalue weighted by molar-refractivity contribution is 0.201. The number of halogens is 1. The summed E-state index contributed by atoms with van der Waals surface area (Å²) in [4.78, 5) is 17.3. The fourth-order valence-electron chi connectivity index (χ4n) is 2.29. The first kappa shape index (κ1) is 17.8. The van der Waals surface area contributed by atoms with Gasteiger partial charge in [-0.15, -0.1) is 11.3 Å². The molecule has 6 heteroatoms. The van der Waals surface area contributed by atoms with E-state index >= 15 is 0 Å². The summed E-state index contributed by atoms with van der Waals surface area (Å²) in [5.41, 5.74) is 0.939. The van der Waals surface area contributed by atoms with Crippen LogP contribution >= 0.6 is 22.9 Å². The molecule has 2 amide bonds. The van der Waals surface area contributed by atoms with Crippen molar-refractivity contribution >= 4 is 29.0 Å². The first-order valence-electron chi connectivity index (χ1n) is 7.41. The molecule has 2 aromatic rings. The molecule has 0 saturated heterocycles. The number of likely N-dealkylation sites (N-methyl/N-ethyl adjacent to an activating group) is 1. The fourth-order valence-corrected chi connectivity index (χ4v) is 3.41. The molecule has 0 spiro atoms. The van der Waals surface area contributed by atoms with E-state index in [1.165, 1.54) is 4.88 Å². The number of nitrogens with zero attached hydrogens (tertiary/aromatic N) is 2. The summed E-state index contributed by atoms with van der Waals surface area (Å²) in [5, 5.41) is 5.73. The Morgan fingerprint density at radius 1 is 1.22 bits per heavy atom. The van der Waals surface area contributed by atoms with Crippen molar-refractivity contribution < 1.29 is 4.79 Å². The Hall–Kier alpha value is -1.56. The molecule has 0 aliphatic rings. The number of hydrogen-bond donors (Lipinski definition) is 1. The van der Waals surface area contributed by atoms with Crippen LogP contribution in [0.25, 0.3) is 0 Å². The molecule has 1 unspecified atom stereocenters. The molecule has 0 radical (unpaired) electrons. The minimum absolute atomic E-state index is 0.103. The Morgan fingerprint density at radius 2 is 1.96 bits per heavy atom. The van der Waals surface area contributed by atoms with Crippen LogP contribution in [0.1, 0.15) is 16.5 Å². The Kier molecular flexibility index (Phi) is 6.45. The molecule has 124 valence electrons. The number of hydrogen-bond acceptors (Lipinski definition) is 3. The Morgan fingerprint density at radius 3 is 2.57 bits per heavy atom. The van der Waals surface area contributed by atoms with E-state index in [-0.39, 0.29) is 12.1 Å². The smallest absolute Gasteiger partial charge is 0.317 e. The molecular weight excluding hydrogens is 330 g/mol. The molecule has 4 nitrogen and oxygen atoms in total. The highest BCUT2D eigenvalue weighted by atomic mass is 35.5. The van der Waals surface area contributed by atoms with Crippen LogP contribution in [-0.4, -0.2) is 43.5 Å². The van der Waals surface area contributed by atoms with Gasteiger partial charge in [0.15, 0.2) is 0 Å². The van der Waals surface area contributed by atoms with Gasteiger partial charge in [0.25, 0.3) is 0 Å². The molecule has 0 saturated carbocycles. The van der Waals surface area contributed by atoms with Crippen molar-refractivity contribution in [3.8, 4) is 0 Å². The van der Waals surface area contributed by atoms with Crippen molar-refractivity contribution in [2.45, 2.75) is 12.6 Å². The number of nitrogens with one attached hydrogen (secondary N) is 1. The van der Waals surface area contributed by atoms with Gasteiger partial charge in [-0.25, -0.2) is 4.79 Å². The van der Waals surface area contributed by atoms with E-state index in [1.807, 2.05) is 44.4 Å². The normalized spacial score (nSPS) is 12.2. The van der Waals surface area contributed by atoms with Crippen molar-refractivity contribution in [3.63, 3.8) is 0 Å². The van der Waals surface area contributed by atoms with Gasteiger partial charge in [0, 0.05) is 30.0 Å². The lowest BCUT2D eigenvalue weighted by Gasteiger charge is -2.25.